The summed E-state index contributed by atoms with van der Waals surface area (Å²) < 4.78 is 13.9. The Morgan fingerprint density at radius 2 is 1.50 bits per heavy atom. The van der Waals surface area contributed by atoms with E-state index in [-0.39, 0.29) is 0 Å². The molecule has 6 aromatic rings. The minimum atomic E-state index is 0.767. The van der Waals surface area contributed by atoms with Crippen LogP contribution in [0.15, 0.2) is 106 Å². The van der Waals surface area contributed by atoms with Gasteiger partial charge in [0.25, 0.3) is 0 Å². The van der Waals surface area contributed by atoms with Gasteiger partial charge in [-0.25, -0.2) is 4.99 Å². The highest BCUT2D eigenvalue weighted by Gasteiger charge is 2.10. The van der Waals surface area contributed by atoms with Gasteiger partial charge in [0.15, 0.2) is 0 Å². The van der Waals surface area contributed by atoms with Gasteiger partial charge in [-0.15, -0.1) is 0 Å². The summed E-state index contributed by atoms with van der Waals surface area (Å²) in [5.74, 6) is 1.58. The molecule has 0 N–H and O–H groups in total. The average molecular weight is 445 g/mol. The number of methoxy groups -OCH3 is 1. The number of nitrogens with zero attached hydrogens (tertiary/aromatic N) is 2. The van der Waals surface area contributed by atoms with E-state index in [0.717, 1.165) is 45.6 Å². The van der Waals surface area contributed by atoms with Crippen LogP contribution in [0.1, 0.15) is 6.92 Å². The van der Waals surface area contributed by atoms with Gasteiger partial charge in [0, 0.05) is 39.8 Å². The second kappa shape index (κ2) is 8.23. The molecule has 0 saturated heterocycles. The highest BCUT2D eigenvalue weighted by atomic mass is 16.5. The molecule has 0 aliphatic carbocycles. The first-order valence-electron chi connectivity index (χ1n) is 11.5. The summed E-state index contributed by atoms with van der Waals surface area (Å²) >= 11 is 0. The Labute approximate surface area is 197 Å². The molecule has 4 nitrogen and oxygen atoms in total. The lowest BCUT2D eigenvalue weighted by atomic mass is 10.1. The Hall–Kier alpha value is -4.31. The van der Waals surface area contributed by atoms with E-state index in [1.807, 2.05) is 48.5 Å². The predicted molar refractivity (Wildman–Crippen MR) is 139 cm³/mol. The van der Waals surface area contributed by atoms with Gasteiger partial charge in [-0.2, -0.15) is 0 Å². The van der Waals surface area contributed by atoms with E-state index >= 15 is 0 Å². The van der Waals surface area contributed by atoms with Crippen molar-refractivity contribution in [2.24, 2.45) is 4.99 Å². The number of aromatic nitrogens is 1. The zero-order valence-corrected chi connectivity index (χ0v) is 19.2. The van der Waals surface area contributed by atoms with Gasteiger partial charge in [-0.1, -0.05) is 36.4 Å². The summed E-state index contributed by atoms with van der Waals surface area (Å²) in [6, 6.07) is 33.0. The summed E-state index contributed by atoms with van der Waals surface area (Å²) in [6.45, 7) is 3.09. The molecule has 0 aliphatic heterocycles. The molecular formula is C30H24N2O2. The SMILES string of the molecule is CCn1c2ccccc2c2ccc(N=c3cc(-c4ccc(OC)cc4)oc4ccccc34)cc21. The van der Waals surface area contributed by atoms with Gasteiger partial charge in [-0.3, -0.25) is 0 Å². The third kappa shape index (κ3) is 3.35. The molecule has 0 radical (unpaired) electrons. The van der Waals surface area contributed by atoms with E-state index in [4.69, 9.17) is 14.1 Å². The fraction of sp³-hybridized carbons (Fsp3) is 0.100. The van der Waals surface area contributed by atoms with Crippen molar-refractivity contribution in [1.29, 1.82) is 0 Å². The van der Waals surface area contributed by atoms with Gasteiger partial charge >= 0.3 is 0 Å². The van der Waals surface area contributed by atoms with Crippen LogP contribution in [0.5, 0.6) is 5.75 Å². The average Bonchev–Trinajstić information content (AvgIpc) is 3.21. The number of fused-ring (bicyclic) bond motifs is 4. The first-order valence-corrected chi connectivity index (χ1v) is 11.5. The summed E-state index contributed by atoms with van der Waals surface area (Å²) in [5.41, 5.74) is 5.15. The lowest BCUT2D eigenvalue weighted by Crippen LogP contribution is -2.03. The first kappa shape index (κ1) is 20.3. The third-order valence-corrected chi connectivity index (χ3v) is 6.35. The molecule has 0 atom stereocenters. The molecule has 0 unspecified atom stereocenters. The smallest absolute Gasteiger partial charge is 0.136 e. The maximum atomic E-state index is 6.24. The van der Waals surface area contributed by atoms with E-state index in [0.29, 0.717) is 0 Å². The van der Waals surface area contributed by atoms with Crippen molar-refractivity contribution in [2.45, 2.75) is 13.5 Å². The Balaban J connectivity index is 1.57. The molecule has 4 heteroatoms. The molecule has 0 amide bonds. The molecule has 0 saturated carbocycles. The number of rotatable bonds is 4. The number of aryl methyl sites for hydroxylation is 1. The zero-order chi connectivity index (χ0) is 23.1. The standard InChI is InChI=1S/C30H24N2O2/c1-3-32-27-10-6-4-8-23(27)24-17-14-21(18-28(24)32)31-26-19-30(20-12-15-22(33-2)16-13-20)34-29-11-7-5-9-25(26)29/h4-19H,3H2,1-2H3. The lowest BCUT2D eigenvalue weighted by molar-refractivity contribution is 0.415. The van der Waals surface area contributed by atoms with Gasteiger partial charge in [0.05, 0.1) is 23.7 Å². The van der Waals surface area contributed by atoms with Crippen LogP contribution in [-0.4, -0.2) is 11.7 Å². The molecule has 166 valence electrons. The Kier molecular flexibility index (Phi) is 4.92. The van der Waals surface area contributed by atoms with Crippen molar-refractivity contribution >= 4 is 38.5 Å². The Morgan fingerprint density at radius 1 is 0.765 bits per heavy atom. The van der Waals surface area contributed by atoms with Crippen LogP contribution < -0.4 is 10.1 Å². The Bertz CT molecular complexity index is 1720. The van der Waals surface area contributed by atoms with Crippen molar-refractivity contribution in [3.05, 3.63) is 102 Å². The largest absolute Gasteiger partial charge is 0.497 e. The topological polar surface area (TPSA) is 39.7 Å². The van der Waals surface area contributed by atoms with E-state index in [1.165, 1.54) is 21.8 Å². The monoisotopic (exact) mass is 444 g/mol. The number of para-hydroxylation sites is 2. The van der Waals surface area contributed by atoms with Crippen LogP contribution in [0.3, 0.4) is 0 Å². The van der Waals surface area contributed by atoms with E-state index in [1.54, 1.807) is 7.11 Å². The van der Waals surface area contributed by atoms with E-state index < -0.39 is 0 Å². The molecule has 4 aromatic carbocycles. The van der Waals surface area contributed by atoms with Crippen LogP contribution in [0.2, 0.25) is 0 Å². The van der Waals surface area contributed by atoms with Crippen LogP contribution in [0.4, 0.5) is 5.69 Å². The quantitative estimate of drug-likeness (QED) is 0.283. The van der Waals surface area contributed by atoms with Crippen LogP contribution in [0, 0.1) is 0 Å². The maximum Gasteiger partial charge on any atom is 0.136 e. The molecule has 34 heavy (non-hydrogen) atoms. The molecule has 0 bridgehead atoms. The fourth-order valence-corrected chi connectivity index (χ4v) is 4.69. The number of hydrogen-bond donors (Lipinski definition) is 0. The molecule has 0 spiro atoms. The predicted octanol–water partition coefficient (Wildman–Crippen LogP) is 7.47. The molecular weight excluding hydrogens is 420 g/mol. The zero-order valence-electron chi connectivity index (χ0n) is 19.2. The van der Waals surface area contributed by atoms with Crippen LogP contribution in [0.25, 0.3) is 44.1 Å². The molecule has 2 heterocycles. The van der Waals surface area contributed by atoms with Crippen LogP contribution in [-0.2, 0) is 6.54 Å². The lowest BCUT2D eigenvalue weighted by Gasteiger charge is -2.07. The van der Waals surface area contributed by atoms with Gasteiger partial charge in [-0.05, 0) is 61.5 Å². The second-order valence-electron chi connectivity index (χ2n) is 8.30. The molecule has 2 aromatic heterocycles. The van der Waals surface area contributed by atoms with Crippen molar-refractivity contribution in [2.75, 3.05) is 7.11 Å². The number of benzene rings is 4. The molecule has 6 rings (SSSR count). The molecule has 0 aliphatic rings. The maximum absolute atomic E-state index is 6.24. The summed E-state index contributed by atoms with van der Waals surface area (Å²) in [7, 11) is 1.67. The number of hydrogen-bond acceptors (Lipinski definition) is 3. The third-order valence-electron chi connectivity index (χ3n) is 6.35. The van der Waals surface area contributed by atoms with Gasteiger partial charge in [0.1, 0.15) is 17.1 Å². The molecule has 0 fully saturated rings. The number of ether oxygens (including phenoxy) is 1. The minimum Gasteiger partial charge on any atom is -0.497 e. The van der Waals surface area contributed by atoms with E-state index in [9.17, 15) is 0 Å². The van der Waals surface area contributed by atoms with Crippen molar-refractivity contribution in [3.8, 4) is 17.1 Å². The van der Waals surface area contributed by atoms with E-state index in [2.05, 4.69) is 60.0 Å². The van der Waals surface area contributed by atoms with Crippen molar-refractivity contribution < 1.29 is 9.15 Å². The van der Waals surface area contributed by atoms with Crippen molar-refractivity contribution in [3.63, 3.8) is 0 Å². The normalized spacial score (nSPS) is 12.1. The summed E-state index contributed by atoms with van der Waals surface area (Å²) in [6.07, 6.45) is 0. The van der Waals surface area contributed by atoms with Crippen LogP contribution >= 0.6 is 0 Å². The van der Waals surface area contributed by atoms with Gasteiger partial charge < -0.3 is 13.7 Å². The summed E-state index contributed by atoms with van der Waals surface area (Å²) in [5, 5.41) is 4.39. The van der Waals surface area contributed by atoms with Crippen molar-refractivity contribution in [1.82, 2.24) is 4.57 Å². The summed E-state index contributed by atoms with van der Waals surface area (Å²) in [4.78, 5) is 5.09. The Morgan fingerprint density at radius 3 is 2.29 bits per heavy atom. The van der Waals surface area contributed by atoms with Gasteiger partial charge in [0.2, 0.25) is 0 Å². The first-order chi connectivity index (χ1) is 16.7. The highest BCUT2D eigenvalue weighted by molar-refractivity contribution is 6.08. The fourth-order valence-electron chi connectivity index (χ4n) is 4.69. The minimum absolute atomic E-state index is 0.767. The highest BCUT2D eigenvalue weighted by Crippen LogP contribution is 2.32. The second-order valence-corrected chi connectivity index (χ2v) is 8.30.